The van der Waals surface area contributed by atoms with Crippen molar-refractivity contribution >= 4 is 50.6 Å². The number of nitrogens with one attached hydrogen (secondary N) is 1. The van der Waals surface area contributed by atoms with Gasteiger partial charge < -0.3 is 9.73 Å². The van der Waals surface area contributed by atoms with Crippen LogP contribution in [0.3, 0.4) is 0 Å². The number of fused-ring (bicyclic) bond motifs is 2. The van der Waals surface area contributed by atoms with Gasteiger partial charge in [-0.3, -0.25) is 0 Å². The van der Waals surface area contributed by atoms with Crippen LogP contribution in [0.25, 0.3) is 27.7 Å². The van der Waals surface area contributed by atoms with Gasteiger partial charge in [-0.25, -0.2) is 14.5 Å². The van der Waals surface area contributed by atoms with Crippen LogP contribution in [-0.4, -0.2) is 20.0 Å². The zero-order valence-corrected chi connectivity index (χ0v) is 15.9. The molecule has 0 aliphatic carbocycles. The van der Waals surface area contributed by atoms with E-state index in [9.17, 15) is 4.79 Å². The second kappa shape index (κ2) is 6.74. The third-order valence-electron chi connectivity index (χ3n) is 4.29. The fraction of sp³-hybridized carbons (Fsp3) is 0.0526. The van der Waals surface area contributed by atoms with Crippen LogP contribution in [-0.2, 0) is 6.54 Å². The molecule has 0 saturated carbocycles. The summed E-state index contributed by atoms with van der Waals surface area (Å²) in [6, 6.07) is 14.8. The summed E-state index contributed by atoms with van der Waals surface area (Å²) < 4.78 is 7.56. The molecule has 5 rings (SSSR count). The number of nitrogens with zero attached hydrogens (tertiary/aromatic N) is 4. The summed E-state index contributed by atoms with van der Waals surface area (Å²) in [5.74, 6) is 0. The number of rotatable bonds is 4. The number of hydrogen-bond donors (Lipinski definition) is 1. The number of halogens is 1. The summed E-state index contributed by atoms with van der Waals surface area (Å²) in [5.41, 5.74) is 2.63. The van der Waals surface area contributed by atoms with Gasteiger partial charge in [-0.15, -0.1) is 16.4 Å². The van der Waals surface area contributed by atoms with Crippen LogP contribution in [0.1, 0.15) is 4.88 Å². The summed E-state index contributed by atoms with van der Waals surface area (Å²) in [7, 11) is 0. The standard InChI is InChI=1S/C19H12ClN5O2S/c20-19-22-10-13(28-19)9-21-12-6-5-11-7-16(18(26)27-17(11)8-12)25-15-4-2-1-3-14(15)23-24-25/h1-8,10,21H,9H2. The van der Waals surface area contributed by atoms with E-state index in [0.717, 1.165) is 21.5 Å². The van der Waals surface area contributed by atoms with Gasteiger partial charge in [0, 0.05) is 28.2 Å². The second-order valence-corrected chi connectivity index (χ2v) is 7.79. The lowest BCUT2D eigenvalue weighted by Gasteiger charge is -2.07. The minimum absolute atomic E-state index is 0.321. The first-order valence-electron chi connectivity index (χ1n) is 8.40. The van der Waals surface area contributed by atoms with Gasteiger partial charge in [0.1, 0.15) is 11.1 Å². The first-order chi connectivity index (χ1) is 13.7. The van der Waals surface area contributed by atoms with Crippen LogP contribution < -0.4 is 10.9 Å². The van der Waals surface area contributed by atoms with Crippen molar-refractivity contribution in [2.45, 2.75) is 6.54 Å². The molecule has 7 nitrogen and oxygen atoms in total. The van der Waals surface area contributed by atoms with Gasteiger partial charge in [-0.1, -0.05) is 28.9 Å². The van der Waals surface area contributed by atoms with E-state index in [2.05, 4.69) is 20.6 Å². The summed E-state index contributed by atoms with van der Waals surface area (Å²) in [6.45, 7) is 0.586. The molecule has 3 heterocycles. The minimum atomic E-state index is -0.477. The average molecular weight is 410 g/mol. The highest BCUT2D eigenvalue weighted by atomic mass is 35.5. The zero-order chi connectivity index (χ0) is 19.1. The quantitative estimate of drug-likeness (QED) is 0.446. The molecule has 28 heavy (non-hydrogen) atoms. The Morgan fingerprint density at radius 1 is 1.18 bits per heavy atom. The molecule has 0 radical (unpaired) electrons. The van der Waals surface area contributed by atoms with E-state index in [4.69, 9.17) is 16.0 Å². The molecular formula is C19H12ClN5O2S. The SMILES string of the molecule is O=c1oc2cc(NCc3cnc(Cl)s3)ccc2cc1-n1nnc2ccccc21. The molecule has 0 spiro atoms. The molecular weight excluding hydrogens is 398 g/mol. The Hall–Kier alpha value is -3.23. The van der Waals surface area contributed by atoms with Gasteiger partial charge in [0.2, 0.25) is 0 Å². The van der Waals surface area contributed by atoms with E-state index in [1.165, 1.54) is 16.0 Å². The normalized spacial score (nSPS) is 11.3. The maximum atomic E-state index is 12.6. The number of thiazole rings is 1. The van der Waals surface area contributed by atoms with Crippen molar-refractivity contribution < 1.29 is 4.42 Å². The van der Waals surface area contributed by atoms with Crippen LogP contribution in [0.4, 0.5) is 5.69 Å². The first kappa shape index (κ1) is 16.9. The molecule has 0 amide bonds. The van der Waals surface area contributed by atoms with Crippen LogP contribution in [0.5, 0.6) is 0 Å². The second-order valence-electron chi connectivity index (χ2n) is 6.09. The van der Waals surface area contributed by atoms with Gasteiger partial charge >= 0.3 is 5.63 Å². The molecule has 2 aromatic carbocycles. The smallest absolute Gasteiger partial charge is 0.362 e. The molecule has 0 aliphatic heterocycles. The summed E-state index contributed by atoms with van der Waals surface area (Å²) in [5, 5.41) is 12.3. The minimum Gasteiger partial charge on any atom is -0.421 e. The maximum Gasteiger partial charge on any atom is 0.362 e. The van der Waals surface area contributed by atoms with Crippen molar-refractivity contribution in [3.05, 3.63) is 74.5 Å². The van der Waals surface area contributed by atoms with Crippen molar-refractivity contribution in [2.75, 3.05) is 5.32 Å². The van der Waals surface area contributed by atoms with Crippen LogP contribution in [0, 0.1) is 0 Å². The Bertz CT molecular complexity index is 1370. The van der Waals surface area contributed by atoms with E-state index in [-0.39, 0.29) is 0 Å². The molecule has 5 aromatic rings. The number of hydrogen-bond acceptors (Lipinski definition) is 7. The molecule has 0 bridgehead atoms. The lowest BCUT2D eigenvalue weighted by atomic mass is 10.2. The Balaban J connectivity index is 1.50. The summed E-state index contributed by atoms with van der Waals surface area (Å²) >= 11 is 7.27. The highest BCUT2D eigenvalue weighted by Crippen LogP contribution is 2.23. The van der Waals surface area contributed by atoms with E-state index >= 15 is 0 Å². The zero-order valence-electron chi connectivity index (χ0n) is 14.3. The van der Waals surface area contributed by atoms with E-state index in [1.807, 2.05) is 36.4 Å². The number of anilines is 1. The van der Waals surface area contributed by atoms with Crippen molar-refractivity contribution in [2.24, 2.45) is 0 Å². The Labute approximate surface area is 167 Å². The number of para-hydroxylation sites is 1. The van der Waals surface area contributed by atoms with Crippen LogP contribution in [0.15, 0.2) is 63.9 Å². The molecule has 9 heteroatoms. The Morgan fingerprint density at radius 3 is 2.93 bits per heavy atom. The Kier molecular flexibility index (Phi) is 4.07. The first-order valence-corrected chi connectivity index (χ1v) is 9.60. The lowest BCUT2D eigenvalue weighted by molar-refractivity contribution is 0.552. The average Bonchev–Trinajstić information content (AvgIpc) is 3.32. The van der Waals surface area contributed by atoms with Gasteiger partial charge in [0.25, 0.3) is 0 Å². The van der Waals surface area contributed by atoms with Gasteiger partial charge in [-0.05, 0) is 30.3 Å². The fourth-order valence-corrected chi connectivity index (χ4v) is 3.88. The van der Waals surface area contributed by atoms with Crippen molar-refractivity contribution in [1.82, 2.24) is 20.0 Å². The summed E-state index contributed by atoms with van der Waals surface area (Å²) in [4.78, 5) is 17.6. The fourth-order valence-electron chi connectivity index (χ4n) is 2.96. The third kappa shape index (κ3) is 3.02. The van der Waals surface area contributed by atoms with Crippen molar-refractivity contribution in [3.63, 3.8) is 0 Å². The highest BCUT2D eigenvalue weighted by Gasteiger charge is 2.12. The van der Waals surface area contributed by atoms with Gasteiger partial charge in [0.05, 0.1) is 12.1 Å². The topological polar surface area (TPSA) is 85.8 Å². The largest absolute Gasteiger partial charge is 0.421 e. The van der Waals surface area contributed by atoms with E-state index in [1.54, 1.807) is 18.3 Å². The van der Waals surface area contributed by atoms with Crippen molar-refractivity contribution in [1.29, 1.82) is 0 Å². The summed E-state index contributed by atoms with van der Waals surface area (Å²) in [6.07, 6.45) is 1.73. The molecule has 3 aromatic heterocycles. The lowest BCUT2D eigenvalue weighted by Crippen LogP contribution is -2.11. The monoisotopic (exact) mass is 409 g/mol. The highest BCUT2D eigenvalue weighted by molar-refractivity contribution is 7.15. The molecule has 1 N–H and O–H groups in total. The van der Waals surface area contributed by atoms with E-state index in [0.29, 0.717) is 27.8 Å². The molecule has 0 fully saturated rings. The molecule has 0 atom stereocenters. The molecule has 0 unspecified atom stereocenters. The number of aromatic nitrogens is 4. The van der Waals surface area contributed by atoms with Crippen LogP contribution in [0.2, 0.25) is 4.47 Å². The number of benzene rings is 2. The molecule has 138 valence electrons. The molecule has 0 aliphatic rings. The molecule has 0 saturated heterocycles. The Morgan fingerprint density at radius 2 is 2.07 bits per heavy atom. The van der Waals surface area contributed by atoms with Crippen molar-refractivity contribution in [3.8, 4) is 5.69 Å². The van der Waals surface area contributed by atoms with Gasteiger partial charge in [-0.2, -0.15) is 0 Å². The predicted molar refractivity (Wildman–Crippen MR) is 109 cm³/mol. The van der Waals surface area contributed by atoms with Crippen LogP contribution >= 0.6 is 22.9 Å². The predicted octanol–water partition coefficient (Wildman–Crippen LogP) is 4.25. The van der Waals surface area contributed by atoms with E-state index < -0.39 is 5.63 Å². The van der Waals surface area contributed by atoms with Gasteiger partial charge in [0.15, 0.2) is 10.2 Å². The maximum absolute atomic E-state index is 12.6. The third-order valence-corrected chi connectivity index (χ3v) is 5.40.